The van der Waals surface area contributed by atoms with Crippen LogP contribution in [0.3, 0.4) is 0 Å². The Morgan fingerprint density at radius 3 is 3.00 bits per heavy atom. The molecular weight excluding hydrogens is 180 g/mol. The fraction of sp³-hybridized carbons (Fsp3) is 0.333. The standard InChI is InChI=1S/C9H12N4O/c1-14-7-2-3-8-11-12-9(4-5-10)13(8)6-7/h2-3,6H,4-5,10H2,1H3. The number of hydrogen-bond acceptors (Lipinski definition) is 4. The second-order valence-electron chi connectivity index (χ2n) is 2.95. The minimum absolute atomic E-state index is 0.567. The number of hydrogen-bond donors (Lipinski definition) is 1. The summed E-state index contributed by atoms with van der Waals surface area (Å²) in [5.74, 6) is 1.65. The molecule has 5 nitrogen and oxygen atoms in total. The van der Waals surface area contributed by atoms with Crippen LogP contribution in [0.4, 0.5) is 0 Å². The molecule has 74 valence electrons. The van der Waals surface area contributed by atoms with Gasteiger partial charge in [0.15, 0.2) is 5.65 Å². The number of rotatable bonds is 3. The van der Waals surface area contributed by atoms with E-state index in [4.69, 9.17) is 10.5 Å². The Bertz CT molecular complexity index is 437. The monoisotopic (exact) mass is 192 g/mol. The van der Waals surface area contributed by atoms with Crippen molar-refractivity contribution in [1.82, 2.24) is 14.6 Å². The lowest BCUT2D eigenvalue weighted by atomic mass is 10.4. The van der Waals surface area contributed by atoms with Gasteiger partial charge in [-0.25, -0.2) is 0 Å². The van der Waals surface area contributed by atoms with Gasteiger partial charge in [-0.3, -0.25) is 4.40 Å². The van der Waals surface area contributed by atoms with Crippen LogP contribution in [0.2, 0.25) is 0 Å². The van der Waals surface area contributed by atoms with Crippen molar-refractivity contribution < 1.29 is 4.74 Å². The van der Waals surface area contributed by atoms with E-state index in [1.54, 1.807) is 7.11 Å². The predicted octanol–water partition coefficient (Wildman–Crippen LogP) is 0.239. The lowest BCUT2D eigenvalue weighted by Gasteiger charge is -2.01. The van der Waals surface area contributed by atoms with E-state index < -0.39 is 0 Å². The molecule has 0 aliphatic rings. The third-order valence-corrected chi connectivity index (χ3v) is 2.05. The summed E-state index contributed by atoms with van der Waals surface area (Å²) >= 11 is 0. The highest BCUT2D eigenvalue weighted by Crippen LogP contribution is 2.12. The Kier molecular flexibility index (Phi) is 2.32. The van der Waals surface area contributed by atoms with Gasteiger partial charge in [0.2, 0.25) is 0 Å². The van der Waals surface area contributed by atoms with Gasteiger partial charge in [-0.1, -0.05) is 0 Å². The fourth-order valence-corrected chi connectivity index (χ4v) is 1.34. The first kappa shape index (κ1) is 8.96. The van der Waals surface area contributed by atoms with Crippen LogP contribution in [0.25, 0.3) is 5.65 Å². The smallest absolute Gasteiger partial charge is 0.161 e. The van der Waals surface area contributed by atoms with E-state index in [9.17, 15) is 0 Å². The molecule has 2 rings (SSSR count). The first-order chi connectivity index (χ1) is 6.85. The van der Waals surface area contributed by atoms with Gasteiger partial charge < -0.3 is 10.5 Å². The highest BCUT2D eigenvalue weighted by Gasteiger charge is 2.04. The summed E-state index contributed by atoms with van der Waals surface area (Å²) in [4.78, 5) is 0. The zero-order chi connectivity index (χ0) is 9.97. The van der Waals surface area contributed by atoms with Gasteiger partial charge in [0.25, 0.3) is 0 Å². The van der Waals surface area contributed by atoms with Crippen LogP contribution in [0.5, 0.6) is 5.75 Å². The summed E-state index contributed by atoms with van der Waals surface area (Å²) in [6, 6.07) is 3.72. The number of methoxy groups -OCH3 is 1. The minimum atomic E-state index is 0.567. The van der Waals surface area contributed by atoms with E-state index >= 15 is 0 Å². The van der Waals surface area contributed by atoms with E-state index in [-0.39, 0.29) is 0 Å². The zero-order valence-corrected chi connectivity index (χ0v) is 7.97. The summed E-state index contributed by atoms with van der Waals surface area (Å²) in [5, 5.41) is 8.05. The Hall–Kier alpha value is -1.62. The molecule has 2 N–H and O–H groups in total. The Labute approximate surface area is 81.5 Å². The van der Waals surface area contributed by atoms with Crippen LogP contribution in [0.15, 0.2) is 18.3 Å². The molecule has 0 aromatic carbocycles. The summed E-state index contributed by atoms with van der Waals surface area (Å²) in [6.45, 7) is 0.567. The zero-order valence-electron chi connectivity index (χ0n) is 7.97. The van der Waals surface area contributed by atoms with Crippen LogP contribution in [0.1, 0.15) is 5.82 Å². The number of nitrogens with two attached hydrogens (primary N) is 1. The molecule has 0 aliphatic heterocycles. The van der Waals surface area contributed by atoms with Crippen LogP contribution in [-0.4, -0.2) is 28.3 Å². The first-order valence-corrected chi connectivity index (χ1v) is 4.43. The maximum absolute atomic E-state index is 5.47. The average molecular weight is 192 g/mol. The topological polar surface area (TPSA) is 65.4 Å². The molecule has 0 spiro atoms. The quantitative estimate of drug-likeness (QED) is 0.756. The number of fused-ring (bicyclic) bond motifs is 1. The van der Waals surface area contributed by atoms with Crippen LogP contribution < -0.4 is 10.5 Å². The molecule has 0 saturated heterocycles. The van der Waals surface area contributed by atoms with E-state index in [0.717, 1.165) is 17.2 Å². The van der Waals surface area contributed by atoms with Crippen molar-refractivity contribution in [2.75, 3.05) is 13.7 Å². The van der Waals surface area contributed by atoms with Gasteiger partial charge in [-0.15, -0.1) is 10.2 Å². The van der Waals surface area contributed by atoms with Crippen molar-refractivity contribution in [3.05, 3.63) is 24.2 Å². The molecule has 0 fully saturated rings. The number of aromatic nitrogens is 3. The normalized spacial score (nSPS) is 10.7. The minimum Gasteiger partial charge on any atom is -0.495 e. The Morgan fingerprint density at radius 2 is 2.29 bits per heavy atom. The Balaban J connectivity index is 2.52. The second-order valence-corrected chi connectivity index (χ2v) is 2.95. The highest BCUT2D eigenvalue weighted by molar-refractivity contribution is 5.41. The van der Waals surface area contributed by atoms with Gasteiger partial charge in [-0.2, -0.15) is 0 Å². The van der Waals surface area contributed by atoms with Gasteiger partial charge in [0, 0.05) is 6.42 Å². The van der Waals surface area contributed by atoms with Crippen molar-refractivity contribution in [3.63, 3.8) is 0 Å². The van der Waals surface area contributed by atoms with Gasteiger partial charge in [0.1, 0.15) is 11.6 Å². The molecule has 0 aliphatic carbocycles. The fourth-order valence-electron chi connectivity index (χ4n) is 1.34. The van der Waals surface area contributed by atoms with Crippen molar-refractivity contribution in [3.8, 4) is 5.75 Å². The molecule has 0 unspecified atom stereocenters. The first-order valence-electron chi connectivity index (χ1n) is 4.43. The highest BCUT2D eigenvalue weighted by atomic mass is 16.5. The number of ether oxygens (including phenoxy) is 1. The lowest BCUT2D eigenvalue weighted by molar-refractivity contribution is 0.412. The molecule has 5 heteroatoms. The van der Waals surface area contributed by atoms with Crippen molar-refractivity contribution in [2.45, 2.75) is 6.42 Å². The third-order valence-electron chi connectivity index (χ3n) is 2.05. The molecule has 2 heterocycles. The number of pyridine rings is 1. The SMILES string of the molecule is COc1ccc2nnc(CCN)n2c1. The molecule has 0 saturated carbocycles. The molecule has 14 heavy (non-hydrogen) atoms. The second kappa shape index (κ2) is 3.63. The van der Waals surface area contributed by atoms with E-state index in [1.807, 2.05) is 22.7 Å². The third kappa shape index (κ3) is 1.42. The Morgan fingerprint density at radius 1 is 1.43 bits per heavy atom. The maximum atomic E-state index is 5.47. The van der Waals surface area contributed by atoms with Gasteiger partial charge in [-0.05, 0) is 18.7 Å². The lowest BCUT2D eigenvalue weighted by Crippen LogP contribution is -2.06. The van der Waals surface area contributed by atoms with E-state index in [1.165, 1.54) is 0 Å². The van der Waals surface area contributed by atoms with Gasteiger partial charge in [0.05, 0.1) is 13.3 Å². The number of nitrogens with zero attached hydrogens (tertiary/aromatic N) is 3. The molecule has 0 bridgehead atoms. The van der Waals surface area contributed by atoms with Gasteiger partial charge >= 0.3 is 0 Å². The van der Waals surface area contributed by atoms with Crippen molar-refractivity contribution in [1.29, 1.82) is 0 Å². The average Bonchev–Trinajstić information content (AvgIpc) is 2.61. The largest absolute Gasteiger partial charge is 0.495 e. The summed E-state index contributed by atoms with van der Waals surface area (Å²) in [7, 11) is 1.63. The molecular formula is C9H12N4O. The van der Waals surface area contributed by atoms with Crippen molar-refractivity contribution >= 4 is 5.65 Å². The molecule has 2 aromatic rings. The summed E-state index contributed by atoms with van der Waals surface area (Å²) in [5.41, 5.74) is 6.28. The molecule has 0 radical (unpaired) electrons. The van der Waals surface area contributed by atoms with Crippen LogP contribution in [0, 0.1) is 0 Å². The van der Waals surface area contributed by atoms with Crippen LogP contribution in [-0.2, 0) is 6.42 Å². The predicted molar refractivity (Wildman–Crippen MR) is 52.3 cm³/mol. The molecule has 2 aromatic heterocycles. The van der Waals surface area contributed by atoms with Crippen molar-refractivity contribution in [2.24, 2.45) is 5.73 Å². The maximum Gasteiger partial charge on any atom is 0.161 e. The molecule has 0 atom stereocenters. The van der Waals surface area contributed by atoms with E-state index in [2.05, 4.69) is 10.2 Å². The van der Waals surface area contributed by atoms with E-state index in [0.29, 0.717) is 13.0 Å². The molecule has 0 amide bonds. The van der Waals surface area contributed by atoms with Crippen LogP contribution >= 0.6 is 0 Å². The summed E-state index contributed by atoms with van der Waals surface area (Å²) in [6.07, 6.45) is 2.58. The summed E-state index contributed by atoms with van der Waals surface area (Å²) < 4.78 is 7.01.